The number of rotatable bonds is 3. The number of hydrogen-bond donors (Lipinski definition) is 0. The fraction of sp³-hybridized carbons (Fsp3) is 0.300. The van der Waals surface area contributed by atoms with E-state index < -0.39 is 0 Å². The van der Waals surface area contributed by atoms with Crippen LogP contribution in [0.25, 0.3) is 6.08 Å². The molecule has 0 bridgehead atoms. The summed E-state index contributed by atoms with van der Waals surface area (Å²) in [6, 6.07) is 8.86. The minimum atomic E-state index is -0.0840. The lowest BCUT2D eigenvalue weighted by Crippen LogP contribution is -2.50. The molecule has 2 aliphatic rings. The van der Waals surface area contributed by atoms with E-state index in [2.05, 4.69) is 0 Å². The van der Waals surface area contributed by atoms with Gasteiger partial charge in [-0.1, -0.05) is 0 Å². The summed E-state index contributed by atoms with van der Waals surface area (Å²) >= 11 is 0. The Labute approximate surface area is 156 Å². The van der Waals surface area contributed by atoms with Gasteiger partial charge in [-0.3, -0.25) is 9.59 Å². The first-order valence-corrected chi connectivity index (χ1v) is 8.82. The van der Waals surface area contributed by atoms with Gasteiger partial charge in [0, 0.05) is 37.8 Å². The maximum Gasteiger partial charge on any atom is 0.254 e. The Hall–Kier alpha value is -3.22. The van der Waals surface area contributed by atoms with Crippen molar-refractivity contribution in [1.82, 2.24) is 9.80 Å². The SMILES string of the molecule is Cc1ccc(/C=C/C(=O)N2CCN(C(=O)c3ccc4c(c3)OCO4)CC2)o1. The molecule has 27 heavy (non-hydrogen) atoms. The molecular formula is C20H20N2O5. The summed E-state index contributed by atoms with van der Waals surface area (Å²) in [5.74, 6) is 2.55. The average molecular weight is 368 g/mol. The van der Waals surface area contributed by atoms with E-state index in [-0.39, 0.29) is 18.6 Å². The van der Waals surface area contributed by atoms with Crippen LogP contribution in [0, 0.1) is 6.92 Å². The first-order chi connectivity index (χ1) is 13.1. The highest BCUT2D eigenvalue weighted by molar-refractivity contribution is 5.95. The quantitative estimate of drug-likeness (QED) is 0.778. The molecule has 3 heterocycles. The number of hydrogen-bond acceptors (Lipinski definition) is 5. The number of furan rings is 1. The number of ether oxygens (including phenoxy) is 2. The van der Waals surface area contributed by atoms with E-state index in [0.717, 1.165) is 5.76 Å². The van der Waals surface area contributed by atoms with Gasteiger partial charge in [0.05, 0.1) is 0 Å². The molecule has 1 aromatic carbocycles. The summed E-state index contributed by atoms with van der Waals surface area (Å²) in [5, 5.41) is 0. The normalized spacial score (nSPS) is 16.2. The molecule has 7 heteroatoms. The Kier molecular flexibility index (Phi) is 4.58. The van der Waals surface area contributed by atoms with Crippen molar-refractivity contribution in [3.63, 3.8) is 0 Å². The maximum absolute atomic E-state index is 12.7. The van der Waals surface area contributed by atoms with Crippen molar-refractivity contribution < 1.29 is 23.5 Å². The average Bonchev–Trinajstić information content (AvgIpc) is 3.33. The Bertz CT molecular complexity index is 894. The number of nitrogens with zero attached hydrogens (tertiary/aromatic N) is 2. The van der Waals surface area contributed by atoms with E-state index >= 15 is 0 Å². The number of benzene rings is 1. The van der Waals surface area contributed by atoms with Crippen LogP contribution in [0.1, 0.15) is 21.9 Å². The third kappa shape index (κ3) is 3.67. The van der Waals surface area contributed by atoms with Gasteiger partial charge in [-0.25, -0.2) is 0 Å². The zero-order valence-corrected chi connectivity index (χ0v) is 15.0. The van der Waals surface area contributed by atoms with Crippen molar-refractivity contribution in [2.24, 2.45) is 0 Å². The zero-order chi connectivity index (χ0) is 18.8. The molecule has 140 valence electrons. The molecule has 1 fully saturated rings. The van der Waals surface area contributed by atoms with Crippen molar-refractivity contribution in [3.8, 4) is 11.5 Å². The Morgan fingerprint density at radius 3 is 2.44 bits per heavy atom. The zero-order valence-electron chi connectivity index (χ0n) is 15.0. The second kappa shape index (κ2) is 7.19. The van der Waals surface area contributed by atoms with Gasteiger partial charge in [-0.2, -0.15) is 0 Å². The van der Waals surface area contributed by atoms with Crippen molar-refractivity contribution in [2.75, 3.05) is 33.0 Å². The van der Waals surface area contributed by atoms with Gasteiger partial charge in [-0.05, 0) is 43.3 Å². The summed E-state index contributed by atoms with van der Waals surface area (Å²) in [7, 11) is 0. The molecule has 0 aliphatic carbocycles. The molecule has 7 nitrogen and oxygen atoms in total. The monoisotopic (exact) mass is 368 g/mol. The van der Waals surface area contributed by atoms with E-state index in [1.807, 2.05) is 19.1 Å². The third-order valence-corrected chi connectivity index (χ3v) is 4.65. The summed E-state index contributed by atoms with van der Waals surface area (Å²) in [5.41, 5.74) is 0.562. The molecule has 0 radical (unpaired) electrons. The molecule has 0 unspecified atom stereocenters. The third-order valence-electron chi connectivity index (χ3n) is 4.65. The predicted octanol–water partition coefficient (Wildman–Crippen LogP) is 2.31. The van der Waals surface area contributed by atoms with E-state index in [4.69, 9.17) is 13.9 Å². The fourth-order valence-corrected chi connectivity index (χ4v) is 3.14. The number of piperazine rings is 1. The van der Waals surface area contributed by atoms with E-state index in [0.29, 0.717) is 49.0 Å². The molecule has 0 spiro atoms. The van der Waals surface area contributed by atoms with Gasteiger partial charge in [0.25, 0.3) is 5.91 Å². The highest BCUT2D eigenvalue weighted by atomic mass is 16.7. The summed E-state index contributed by atoms with van der Waals surface area (Å²) in [6.45, 7) is 4.02. The molecule has 1 saturated heterocycles. The minimum Gasteiger partial charge on any atom is -0.462 e. The van der Waals surface area contributed by atoms with Gasteiger partial charge in [0.15, 0.2) is 11.5 Å². The van der Waals surface area contributed by atoms with Crippen LogP contribution in [0.5, 0.6) is 11.5 Å². The molecule has 2 aliphatic heterocycles. The second-order valence-electron chi connectivity index (χ2n) is 6.47. The van der Waals surface area contributed by atoms with Crippen LogP contribution in [-0.4, -0.2) is 54.6 Å². The van der Waals surface area contributed by atoms with Crippen LogP contribution in [0.4, 0.5) is 0 Å². The van der Waals surface area contributed by atoms with Crippen molar-refractivity contribution in [2.45, 2.75) is 6.92 Å². The Morgan fingerprint density at radius 1 is 0.963 bits per heavy atom. The van der Waals surface area contributed by atoms with Crippen LogP contribution in [0.15, 0.2) is 40.8 Å². The summed E-state index contributed by atoms with van der Waals surface area (Å²) in [6.07, 6.45) is 3.17. The van der Waals surface area contributed by atoms with Crippen molar-refractivity contribution in [3.05, 3.63) is 53.5 Å². The topological polar surface area (TPSA) is 72.2 Å². The standard InChI is InChI=1S/C20H20N2O5/c1-14-2-4-16(27-14)5-7-19(23)21-8-10-22(11-9-21)20(24)15-3-6-17-18(12-15)26-13-25-17/h2-7,12H,8-11,13H2,1H3/b7-5+. The van der Waals surface area contributed by atoms with Gasteiger partial charge >= 0.3 is 0 Å². The maximum atomic E-state index is 12.7. The number of amides is 2. The van der Waals surface area contributed by atoms with E-state index in [9.17, 15) is 9.59 Å². The van der Waals surface area contributed by atoms with Crippen LogP contribution in [0.2, 0.25) is 0 Å². The lowest BCUT2D eigenvalue weighted by atomic mass is 10.1. The Balaban J connectivity index is 1.33. The summed E-state index contributed by atoms with van der Waals surface area (Å²) < 4.78 is 16.0. The fourth-order valence-electron chi connectivity index (χ4n) is 3.14. The molecule has 0 N–H and O–H groups in total. The number of carbonyl (C=O) groups is 2. The van der Waals surface area contributed by atoms with Crippen LogP contribution < -0.4 is 9.47 Å². The predicted molar refractivity (Wildman–Crippen MR) is 97.5 cm³/mol. The molecule has 2 aromatic rings. The van der Waals surface area contributed by atoms with Crippen molar-refractivity contribution >= 4 is 17.9 Å². The molecule has 4 rings (SSSR count). The highest BCUT2D eigenvalue weighted by Crippen LogP contribution is 2.32. The second-order valence-corrected chi connectivity index (χ2v) is 6.47. The molecule has 0 saturated carbocycles. The highest BCUT2D eigenvalue weighted by Gasteiger charge is 2.25. The smallest absolute Gasteiger partial charge is 0.254 e. The van der Waals surface area contributed by atoms with Crippen LogP contribution >= 0.6 is 0 Å². The van der Waals surface area contributed by atoms with Crippen LogP contribution in [-0.2, 0) is 4.79 Å². The van der Waals surface area contributed by atoms with Crippen molar-refractivity contribution in [1.29, 1.82) is 0 Å². The van der Waals surface area contributed by atoms with E-state index in [1.54, 1.807) is 34.1 Å². The molecular weight excluding hydrogens is 348 g/mol. The van der Waals surface area contributed by atoms with Gasteiger partial charge < -0.3 is 23.7 Å². The Morgan fingerprint density at radius 2 is 1.70 bits per heavy atom. The minimum absolute atomic E-state index is 0.0676. The largest absolute Gasteiger partial charge is 0.462 e. The molecule has 0 atom stereocenters. The lowest BCUT2D eigenvalue weighted by Gasteiger charge is -2.34. The number of fused-ring (bicyclic) bond motifs is 1. The number of aryl methyl sites for hydroxylation is 1. The first-order valence-electron chi connectivity index (χ1n) is 8.82. The first kappa shape index (κ1) is 17.2. The van der Waals surface area contributed by atoms with Gasteiger partial charge in [0.1, 0.15) is 11.5 Å². The summed E-state index contributed by atoms with van der Waals surface area (Å²) in [4.78, 5) is 28.5. The van der Waals surface area contributed by atoms with Gasteiger partial charge in [-0.15, -0.1) is 0 Å². The number of carbonyl (C=O) groups excluding carboxylic acids is 2. The molecule has 1 aromatic heterocycles. The molecule has 2 amide bonds. The van der Waals surface area contributed by atoms with Gasteiger partial charge in [0.2, 0.25) is 12.7 Å². The lowest BCUT2D eigenvalue weighted by molar-refractivity contribution is -0.127. The van der Waals surface area contributed by atoms with Crippen LogP contribution in [0.3, 0.4) is 0 Å². The van der Waals surface area contributed by atoms with E-state index in [1.165, 1.54) is 6.08 Å².